The van der Waals surface area contributed by atoms with Crippen LogP contribution in [0.25, 0.3) is 11.6 Å². The van der Waals surface area contributed by atoms with Crippen molar-refractivity contribution in [2.45, 2.75) is 4.90 Å². The Morgan fingerprint density at radius 2 is 1.89 bits per heavy atom. The van der Waals surface area contributed by atoms with E-state index in [-0.39, 0.29) is 51.3 Å². The second kappa shape index (κ2) is 5.27. The Hall–Kier alpha value is -1.08. The van der Waals surface area contributed by atoms with Gasteiger partial charge >= 0.3 is 35.3 Å². The first kappa shape index (κ1) is 15.0. The molecule has 1 aromatic carbocycles. The van der Waals surface area contributed by atoms with Crippen molar-refractivity contribution in [1.82, 2.24) is 0 Å². The molecule has 0 aliphatic heterocycles. The van der Waals surface area contributed by atoms with Crippen molar-refractivity contribution in [1.29, 1.82) is 0 Å². The van der Waals surface area contributed by atoms with Gasteiger partial charge in [0.15, 0.2) is 0 Å². The number of hydrogen-bond acceptors (Lipinski definition) is 3. The standard InChI is InChI=1S/C10H6N2O4S.Na/c11-12-8-5-4-6-7(10(8)13)2-1-3-9(6)17(14,15)16;/h1-5H,(H,14,15,16);/q;+1. The van der Waals surface area contributed by atoms with E-state index < -0.39 is 15.9 Å². The maximum absolute atomic E-state index is 11.7. The van der Waals surface area contributed by atoms with Crippen molar-refractivity contribution in [2.24, 2.45) is 0 Å². The molecule has 1 aliphatic rings. The van der Waals surface area contributed by atoms with E-state index >= 15 is 0 Å². The Bertz CT molecular complexity index is 703. The third-order valence-corrected chi connectivity index (χ3v) is 3.25. The van der Waals surface area contributed by atoms with E-state index in [9.17, 15) is 13.2 Å². The third kappa shape index (κ3) is 2.51. The van der Waals surface area contributed by atoms with Gasteiger partial charge in [0.25, 0.3) is 15.9 Å². The fourth-order valence-corrected chi connectivity index (χ4v) is 2.30. The average molecular weight is 273 g/mol. The second-order valence-electron chi connectivity index (χ2n) is 3.34. The molecule has 1 N–H and O–H groups in total. The molecular weight excluding hydrogens is 267 g/mol. The van der Waals surface area contributed by atoms with Crippen molar-refractivity contribution in [3.05, 3.63) is 40.9 Å². The molecule has 0 bridgehead atoms. The molecule has 0 amide bonds. The van der Waals surface area contributed by atoms with Crippen LogP contribution in [0.4, 0.5) is 0 Å². The van der Waals surface area contributed by atoms with Gasteiger partial charge in [0.05, 0.1) is 0 Å². The van der Waals surface area contributed by atoms with Gasteiger partial charge in [-0.05, 0) is 12.1 Å². The Morgan fingerprint density at radius 1 is 1.22 bits per heavy atom. The van der Waals surface area contributed by atoms with E-state index in [1.54, 1.807) is 0 Å². The molecule has 0 aromatic heterocycles. The van der Waals surface area contributed by atoms with E-state index in [1.807, 2.05) is 0 Å². The minimum absolute atomic E-state index is 0. The number of benzene rings is 1. The number of nitrogens with zero attached hydrogens (tertiary/aromatic N) is 2. The monoisotopic (exact) mass is 273 g/mol. The van der Waals surface area contributed by atoms with Crippen molar-refractivity contribution in [3.63, 3.8) is 0 Å². The maximum atomic E-state index is 11.7. The van der Waals surface area contributed by atoms with E-state index in [0.29, 0.717) is 0 Å². The predicted molar refractivity (Wildman–Crippen MR) is 58.2 cm³/mol. The summed E-state index contributed by atoms with van der Waals surface area (Å²) in [5.41, 5.74) is 8.53. The summed E-state index contributed by atoms with van der Waals surface area (Å²) in [6.07, 6.45) is 2.48. The molecule has 0 fully saturated rings. The topological polar surface area (TPSA) is 108 Å². The number of carbonyl (C=O) groups is 1. The summed E-state index contributed by atoms with van der Waals surface area (Å²) in [7, 11) is -4.40. The molecule has 0 spiro atoms. The number of fused-ring (bicyclic) bond motifs is 1. The molecule has 1 aromatic rings. The molecule has 6 nitrogen and oxygen atoms in total. The third-order valence-electron chi connectivity index (χ3n) is 2.34. The molecule has 0 unspecified atom stereocenters. The van der Waals surface area contributed by atoms with Gasteiger partial charge in [-0.25, -0.2) is 0 Å². The molecule has 0 heterocycles. The van der Waals surface area contributed by atoms with Crippen LogP contribution in [0.2, 0.25) is 0 Å². The van der Waals surface area contributed by atoms with Gasteiger partial charge in [0.1, 0.15) is 4.90 Å². The van der Waals surface area contributed by atoms with E-state index in [0.717, 1.165) is 0 Å². The van der Waals surface area contributed by atoms with Crippen molar-refractivity contribution in [3.8, 4) is 0 Å². The normalized spacial score (nSPS) is 13.6. The van der Waals surface area contributed by atoms with Crippen LogP contribution < -0.4 is 29.6 Å². The zero-order valence-corrected chi connectivity index (χ0v) is 12.2. The van der Waals surface area contributed by atoms with Crippen LogP contribution in [0, 0.1) is 0 Å². The van der Waals surface area contributed by atoms with E-state index in [1.165, 1.54) is 30.4 Å². The molecule has 0 saturated carbocycles. The summed E-state index contributed by atoms with van der Waals surface area (Å²) in [4.78, 5) is 14.1. The fourth-order valence-electron chi connectivity index (χ4n) is 1.59. The van der Waals surface area contributed by atoms with Crippen LogP contribution >= 0.6 is 0 Å². The molecule has 0 radical (unpaired) electrons. The van der Waals surface area contributed by atoms with Gasteiger partial charge in [-0.1, -0.05) is 12.1 Å². The summed E-state index contributed by atoms with van der Waals surface area (Å²) >= 11 is 0. The summed E-state index contributed by atoms with van der Waals surface area (Å²) in [6, 6.07) is 3.90. The zero-order chi connectivity index (χ0) is 12.6. The molecule has 1 aliphatic carbocycles. The Balaban J connectivity index is 0.00000162. The fraction of sp³-hybridized carbons (Fsp3) is 0. The van der Waals surface area contributed by atoms with Crippen molar-refractivity contribution >= 4 is 27.7 Å². The minimum atomic E-state index is -4.40. The largest absolute Gasteiger partial charge is 1.00 e. The molecule has 0 atom stereocenters. The van der Waals surface area contributed by atoms with Crippen LogP contribution in [0.1, 0.15) is 15.9 Å². The van der Waals surface area contributed by atoms with Crippen molar-refractivity contribution < 1.29 is 52.1 Å². The van der Waals surface area contributed by atoms with Gasteiger partial charge < -0.3 is 5.53 Å². The number of ketones is 1. The van der Waals surface area contributed by atoms with Crippen LogP contribution in [-0.2, 0) is 10.1 Å². The Kier molecular flexibility index (Phi) is 4.39. The molecular formula is C10H6N2NaO4S+. The SMILES string of the molecule is [N-]=[N+]=C1C=Cc2c(cccc2S(=O)(=O)O)C1=O.[Na+]. The summed E-state index contributed by atoms with van der Waals surface area (Å²) in [6.45, 7) is 0. The predicted octanol–water partition coefficient (Wildman–Crippen LogP) is -2.18. The summed E-state index contributed by atoms with van der Waals surface area (Å²) in [5.74, 6) is -0.601. The summed E-state index contributed by atoms with van der Waals surface area (Å²) < 4.78 is 31.2. The molecule has 8 heteroatoms. The number of carbonyl (C=O) groups excluding carboxylic acids is 1. The summed E-state index contributed by atoms with van der Waals surface area (Å²) in [5, 5.41) is 0. The van der Waals surface area contributed by atoms with Crippen LogP contribution in [0.15, 0.2) is 29.2 Å². The maximum Gasteiger partial charge on any atom is 1.00 e. The minimum Gasteiger partial charge on any atom is -0.361 e. The van der Waals surface area contributed by atoms with Crippen LogP contribution in [0.3, 0.4) is 0 Å². The number of allylic oxidation sites excluding steroid dienone is 1. The van der Waals surface area contributed by atoms with E-state index in [2.05, 4.69) is 4.79 Å². The molecule has 86 valence electrons. The molecule has 2 rings (SSSR count). The smallest absolute Gasteiger partial charge is 0.361 e. The van der Waals surface area contributed by atoms with Gasteiger partial charge in [-0.15, -0.1) is 0 Å². The van der Waals surface area contributed by atoms with Crippen molar-refractivity contribution in [2.75, 3.05) is 0 Å². The molecule has 18 heavy (non-hydrogen) atoms. The quantitative estimate of drug-likeness (QED) is 0.271. The Labute approximate surface area is 125 Å². The number of Topliss-reactive ketones (excluding diaryl/α,β-unsaturated/α-hetero) is 1. The van der Waals surface area contributed by atoms with Gasteiger partial charge in [0, 0.05) is 17.2 Å². The van der Waals surface area contributed by atoms with Gasteiger partial charge in [0.2, 0.25) is 0 Å². The first-order chi connectivity index (χ1) is 7.95. The zero-order valence-electron chi connectivity index (χ0n) is 9.36. The van der Waals surface area contributed by atoms with Gasteiger partial charge in [-0.3, -0.25) is 9.35 Å². The van der Waals surface area contributed by atoms with Gasteiger partial charge in [-0.2, -0.15) is 13.2 Å². The Morgan fingerprint density at radius 3 is 2.44 bits per heavy atom. The number of rotatable bonds is 1. The van der Waals surface area contributed by atoms with Crippen LogP contribution in [-0.4, -0.2) is 29.3 Å². The first-order valence-corrected chi connectivity index (χ1v) is 5.94. The second-order valence-corrected chi connectivity index (χ2v) is 4.73. The van der Waals surface area contributed by atoms with E-state index in [4.69, 9.17) is 10.1 Å². The molecule has 0 saturated heterocycles. The number of hydrogen-bond donors (Lipinski definition) is 1. The first-order valence-electron chi connectivity index (χ1n) is 4.50. The van der Waals surface area contributed by atoms with Crippen LogP contribution in [0.5, 0.6) is 0 Å². The average Bonchev–Trinajstić information content (AvgIpc) is 2.28.